The fraction of sp³-hybridized carbons (Fsp3) is 0.923. The van der Waals surface area contributed by atoms with Gasteiger partial charge in [0.25, 0.3) is 0 Å². The normalized spacial score (nSPS) is 45.6. The van der Waals surface area contributed by atoms with Crippen LogP contribution in [0.3, 0.4) is 0 Å². The average Bonchev–Trinajstić information content (AvgIpc) is 2.72. The Hall–Kier alpha value is -0.570. The molecule has 4 unspecified atom stereocenters. The van der Waals surface area contributed by atoms with Gasteiger partial charge in [-0.05, 0) is 44.4 Å². The molecule has 1 aliphatic heterocycles. The van der Waals surface area contributed by atoms with E-state index >= 15 is 0 Å². The molecule has 4 atom stereocenters. The molecule has 0 N–H and O–H groups in total. The molecule has 0 aromatic heterocycles. The van der Waals surface area contributed by atoms with Crippen molar-refractivity contribution in [3.8, 4) is 0 Å². The van der Waals surface area contributed by atoms with Crippen LogP contribution in [0.25, 0.3) is 0 Å². The van der Waals surface area contributed by atoms with Gasteiger partial charge >= 0.3 is 5.97 Å². The van der Waals surface area contributed by atoms with Gasteiger partial charge in [0.2, 0.25) is 0 Å². The largest absolute Gasteiger partial charge is 0.465 e. The molecule has 3 fully saturated rings. The molecule has 3 heteroatoms. The number of carbonyl (C=O) groups excluding carboxylic acids is 1. The number of rotatable bonds is 3. The van der Waals surface area contributed by atoms with Crippen LogP contribution in [0, 0.1) is 23.2 Å². The van der Waals surface area contributed by atoms with Crippen LogP contribution in [-0.2, 0) is 14.3 Å². The third-order valence-corrected chi connectivity index (χ3v) is 4.79. The minimum absolute atomic E-state index is 0.0809. The summed E-state index contributed by atoms with van der Waals surface area (Å²) in [5, 5.41) is 0. The zero-order valence-corrected chi connectivity index (χ0v) is 9.91. The second-order valence-corrected chi connectivity index (χ2v) is 5.71. The minimum atomic E-state index is 0.0809. The maximum Gasteiger partial charge on any atom is 0.309 e. The molecule has 0 aromatic carbocycles. The molecule has 16 heavy (non-hydrogen) atoms. The van der Waals surface area contributed by atoms with Crippen LogP contribution in [0.1, 0.15) is 32.6 Å². The maximum absolute atomic E-state index is 11.7. The van der Waals surface area contributed by atoms with E-state index in [9.17, 15) is 4.79 Å². The topological polar surface area (TPSA) is 35.5 Å². The van der Waals surface area contributed by atoms with Gasteiger partial charge < -0.3 is 9.47 Å². The van der Waals surface area contributed by atoms with Gasteiger partial charge in [0.05, 0.1) is 12.5 Å². The lowest BCUT2D eigenvalue weighted by atomic mass is 9.65. The first-order valence-corrected chi connectivity index (χ1v) is 6.49. The van der Waals surface area contributed by atoms with E-state index in [0.29, 0.717) is 18.4 Å². The van der Waals surface area contributed by atoms with Crippen LogP contribution in [0.2, 0.25) is 0 Å². The molecular weight excluding hydrogens is 204 g/mol. The summed E-state index contributed by atoms with van der Waals surface area (Å²) in [4.78, 5) is 11.7. The Kier molecular flexibility index (Phi) is 2.46. The van der Waals surface area contributed by atoms with Gasteiger partial charge in [0, 0.05) is 18.6 Å². The van der Waals surface area contributed by atoms with Crippen molar-refractivity contribution in [3.63, 3.8) is 0 Å². The van der Waals surface area contributed by atoms with Crippen molar-refractivity contribution in [2.24, 2.45) is 23.2 Å². The molecule has 2 saturated carbocycles. The van der Waals surface area contributed by atoms with E-state index in [-0.39, 0.29) is 17.3 Å². The van der Waals surface area contributed by atoms with Crippen LogP contribution >= 0.6 is 0 Å². The molecule has 1 heterocycles. The molecule has 0 aromatic rings. The van der Waals surface area contributed by atoms with Crippen LogP contribution in [0.5, 0.6) is 0 Å². The van der Waals surface area contributed by atoms with E-state index in [1.807, 2.05) is 6.92 Å². The Bertz CT molecular complexity index is 302. The van der Waals surface area contributed by atoms with Gasteiger partial charge in [0.15, 0.2) is 0 Å². The van der Waals surface area contributed by atoms with Crippen LogP contribution in [0.4, 0.5) is 0 Å². The summed E-state index contributed by atoms with van der Waals surface area (Å²) in [6, 6.07) is 0. The molecule has 1 saturated heterocycles. The fourth-order valence-electron chi connectivity index (χ4n) is 4.24. The van der Waals surface area contributed by atoms with E-state index in [2.05, 4.69) is 0 Å². The molecular formula is C13H20O3. The summed E-state index contributed by atoms with van der Waals surface area (Å²) < 4.78 is 10.8. The van der Waals surface area contributed by atoms with Crippen LogP contribution < -0.4 is 0 Å². The predicted molar refractivity (Wildman–Crippen MR) is 58.8 cm³/mol. The van der Waals surface area contributed by atoms with Gasteiger partial charge in [0.1, 0.15) is 0 Å². The summed E-state index contributed by atoms with van der Waals surface area (Å²) in [7, 11) is 0. The summed E-state index contributed by atoms with van der Waals surface area (Å²) in [6.07, 6.45) is 4.72. The highest BCUT2D eigenvalue weighted by molar-refractivity contribution is 5.76. The third kappa shape index (κ3) is 1.41. The molecule has 3 nitrogen and oxygen atoms in total. The van der Waals surface area contributed by atoms with Crippen molar-refractivity contribution >= 4 is 5.97 Å². The first-order valence-electron chi connectivity index (χ1n) is 6.49. The SMILES string of the molecule is CCOCC1CC2CCC3(COC(=O)C23)C1. The highest BCUT2D eigenvalue weighted by Crippen LogP contribution is 2.60. The summed E-state index contributed by atoms with van der Waals surface area (Å²) >= 11 is 0. The van der Waals surface area contributed by atoms with Crippen LogP contribution in [0.15, 0.2) is 0 Å². The number of hydrogen-bond donors (Lipinski definition) is 0. The standard InChI is InChI=1S/C13H20O3/c1-2-15-7-9-5-10-3-4-13(6-9)8-16-12(14)11(10)13/h9-11H,2-8H2,1H3. The third-order valence-electron chi connectivity index (χ3n) is 4.79. The average molecular weight is 224 g/mol. The quantitative estimate of drug-likeness (QED) is 0.688. The van der Waals surface area contributed by atoms with E-state index in [0.717, 1.165) is 19.6 Å². The van der Waals surface area contributed by atoms with Gasteiger partial charge in [-0.1, -0.05) is 0 Å². The lowest BCUT2D eigenvalue weighted by molar-refractivity contribution is -0.143. The van der Waals surface area contributed by atoms with Crippen molar-refractivity contribution < 1.29 is 14.3 Å². The monoisotopic (exact) mass is 224 g/mol. The number of ether oxygens (including phenoxy) is 2. The molecule has 3 aliphatic rings. The number of carbonyl (C=O) groups is 1. The number of esters is 1. The van der Waals surface area contributed by atoms with Crippen molar-refractivity contribution in [2.75, 3.05) is 19.8 Å². The van der Waals surface area contributed by atoms with Crippen molar-refractivity contribution in [1.82, 2.24) is 0 Å². The maximum atomic E-state index is 11.7. The number of cyclic esters (lactones) is 1. The van der Waals surface area contributed by atoms with Crippen molar-refractivity contribution in [1.29, 1.82) is 0 Å². The van der Waals surface area contributed by atoms with E-state index in [1.54, 1.807) is 0 Å². The molecule has 0 radical (unpaired) electrons. The predicted octanol–water partition coefficient (Wildman–Crippen LogP) is 2.00. The van der Waals surface area contributed by atoms with Gasteiger partial charge in [-0.2, -0.15) is 0 Å². The Morgan fingerprint density at radius 3 is 3.25 bits per heavy atom. The van der Waals surface area contributed by atoms with E-state index in [4.69, 9.17) is 9.47 Å². The van der Waals surface area contributed by atoms with E-state index < -0.39 is 0 Å². The first kappa shape index (κ1) is 10.6. The Labute approximate surface area is 96.5 Å². The van der Waals surface area contributed by atoms with Gasteiger partial charge in [-0.15, -0.1) is 0 Å². The second-order valence-electron chi connectivity index (χ2n) is 5.71. The molecule has 0 amide bonds. The summed E-state index contributed by atoms with van der Waals surface area (Å²) in [6.45, 7) is 4.39. The Balaban J connectivity index is 1.75. The zero-order chi connectivity index (χ0) is 11.2. The fourth-order valence-corrected chi connectivity index (χ4v) is 4.24. The second kappa shape index (κ2) is 3.73. The summed E-state index contributed by atoms with van der Waals surface area (Å²) in [5.74, 6) is 1.54. The highest BCUT2D eigenvalue weighted by Gasteiger charge is 2.60. The van der Waals surface area contributed by atoms with Crippen LogP contribution in [-0.4, -0.2) is 25.8 Å². The van der Waals surface area contributed by atoms with Gasteiger partial charge in [-0.3, -0.25) is 4.79 Å². The summed E-state index contributed by atoms with van der Waals surface area (Å²) in [5.41, 5.74) is 0.196. The lowest BCUT2D eigenvalue weighted by Crippen LogP contribution is -2.37. The first-order chi connectivity index (χ1) is 7.75. The Morgan fingerprint density at radius 2 is 2.44 bits per heavy atom. The van der Waals surface area contributed by atoms with E-state index in [1.165, 1.54) is 19.3 Å². The van der Waals surface area contributed by atoms with Crippen molar-refractivity contribution in [3.05, 3.63) is 0 Å². The molecule has 90 valence electrons. The lowest BCUT2D eigenvalue weighted by Gasteiger charge is -2.36. The Morgan fingerprint density at radius 1 is 1.56 bits per heavy atom. The molecule has 2 aliphatic carbocycles. The molecule has 3 rings (SSSR count). The smallest absolute Gasteiger partial charge is 0.309 e. The molecule has 0 spiro atoms. The number of hydrogen-bond acceptors (Lipinski definition) is 3. The van der Waals surface area contributed by atoms with Gasteiger partial charge in [-0.25, -0.2) is 0 Å². The van der Waals surface area contributed by atoms with Crippen molar-refractivity contribution in [2.45, 2.75) is 32.6 Å². The molecule has 2 bridgehead atoms. The highest BCUT2D eigenvalue weighted by atomic mass is 16.5. The zero-order valence-electron chi connectivity index (χ0n) is 9.91. The minimum Gasteiger partial charge on any atom is -0.465 e.